The Morgan fingerprint density at radius 2 is 2.12 bits per heavy atom. The highest BCUT2D eigenvalue weighted by Crippen LogP contribution is 2.25. The minimum atomic E-state index is 0. The van der Waals surface area contributed by atoms with Gasteiger partial charge in [-0.05, 0) is 67.6 Å². The summed E-state index contributed by atoms with van der Waals surface area (Å²) in [6.07, 6.45) is 2.74. The van der Waals surface area contributed by atoms with Crippen LogP contribution in [-0.2, 0) is 11.3 Å². The van der Waals surface area contributed by atoms with E-state index in [1.165, 1.54) is 11.3 Å². The second kappa shape index (κ2) is 9.80. The highest BCUT2D eigenvalue weighted by atomic mass is 35.5. The quantitative estimate of drug-likeness (QED) is 0.786. The van der Waals surface area contributed by atoms with Gasteiger partial charge in [0.2, 0.25) is 5.91 Å². The fraction of sp³-hybridized carbons (Fsp3) is 0.421. The maximum absolute atomic E-state index is 12.9. The Balaban J connectivity index is 0.00000225. The number of rotatable bonds is 7. The lowest BCUT2D eigenvalue weighted by Gasteiger charge is -2.23. The highest BCUT2D eigenvalue weighted by Gasteiger charge is 2.20. The normalized spacial score (nSPS) is 16.3. The first-order valence-electron chi connectivity index (χ1n) is 8.44. The summed E-state index contributed by atoms with van der Waals surface area (Å²) in [6, 6.07) is 11.8. The van der Waals surface area contributed by atoms with E-state index in [9.17, 15) is 4.79 Å². The zero-order valence-electron chi connectivity index (χ0n) is 14.4. The molecule has 1 aliphatic heterocycles. The van der Waals surface area contributed by atoms with Crippen LogP contribution >= 0.6 is 23.7 Å². The predicted molar refractivity (Wildman–Crippen MR) is 106 cm³/mol. The Bertz CT molecular complexity index is 640. The topological polar surface area (TPSA) is 41.6 Å². The summed E-state index contributed by atoms with van der Waals surface area (Å²) in [6.45, 7) is 2.75. The molecule has 1 saturated heterocycles. The summed E-state index contributed by atoms with van der Waals surface area (Å²) in [5.74, 6) is 1.63. The first-order chi connectivity index (χ1) is 11.8. The molecule has 0 spiro atoms. The largest absolute Gasteiger partial charge is 0.497 e. The fourth-order valence-corrected chi connectivity index (χ4v) is 3.76. The molecule has 1 aliphatic rings. The van der Waals surface area contributed by atoms with Gasteiger partial charge in [-0.1, -0.05) is 6.07 Å². The Morgan fingerprint density at radius 3 is 2.72 bits per heavy atom. The van der Waals surface area contributed by atoms with Gasteiger partial charge in [0, 0.05) is 17.0 Å². The van der Waals surface area contributed by atoms with E-state index in [-0.39, 0.29) is 18.3 Å². The minimum Gasteiger partial charge on any atom is -0.497 e. The van der Waals surface area contributed by atoms with Crippen LogP contribution in [-0.4, -0.2) is 26.1 Å². The maximum Gasteiger partial charge on any atom is 0.227 e. The summed E-state index contributed by atoms with van der Waals surface area (Å²) in [4.78, 5) is 16.0. The number of nitrogens with one attached hydrogen (secondary N) is 1. The summed E-state index contributed by atoms with van der Waals surface area (Å²) in [7, 11) is 1.65. The van der Waals surface area contributed by atoms with Crippen molar-refractivity contribution in [2.75, 3.05) is 25.1 Å². The van der Waals surface area contributed by atoms with Crippen molar-refractivity contribution in [1.82, 2.24) is 5.32 Å². The number of halogens is 1. The molecule has 1 fully saturated rings. The third-order valence-corrected chi connectivity index (χ3v) is 5.37. The van der Waals surface area contributed by atoms with Crippen molar-refractivity contribution in [1.29, 1.82) is 0 Å². The molecule has 0 bridgehead atoms. The monoisotopic (exact) mass is 380 g/mol. The lowest BCUT2D eigenvalue weighted by molar-refractivity contribution is -0.119. The second-order valence-electron chi connectivity index (χ2n) is 6.15. The number of anilines is 1. The van der Waals surface area contributed by atoms with Gasteiger partial charge in [0.1, 0.15) is 5.75 Å². The third-order valence-electron chi connectivity index (χ3n) is 4.51. The molecule has 1 atom stereocenters. The molecule has 1 unspecified atom stereocenters. The van der Waals surface area contributed by atoms with E-state index >= 15 is 0 Å². The van der Waals surface area contributed by atoms with Crippen LogP contribution < -0.4 is 15.0 Å². The van der Waals surface area contributed by atoms with E-state index in [0.29, 0.717) is 18.9 Å². The molecular weight excluding hydrogens is 356 g/mol. The predicted octanol–water partition coefficient (Wildman–Crippen LogP) is 4.10. The van der Waals surface area contributed by atoms with Crippen molar-refractivity contribution in [3.63, 3.8) is 0 Å². The van der Waals surface area contributed by atoms with Crippen molar-refractivity contribution < 1.29 is 9.53 Å². The van der Waals surface area contributed by atoms with Crippen LogP contribution in [0.5, 0.6) is 5.75 Å². The number of nitrogens with zero attached hydrogens (tertiary/aromatic N) is 1. The molecule has 1 amide bonds. The molecule has 3 rings (SSSR count). The molecule has 1 aromatic heterocycles. The second-order valence-corrected chi connectivity index (χ2v) is 7.19. The van der Waals surface area contributed by atoms with Gasteiger partial charge in [-0.2, -0.15) is 0 Å². The van der Waals surface area contributed by atoms with E-state index in [2.05, 4.69) is 16.8 Å². The van der Waals surface area contributed by atoms with Crippen LogP contribution in [0.4, 0.5) is 5.69 Å². The first-order valence-corrected chi connectivity index (χ1v) is 9.32. The molecule has 1 aromatic carbocycles. The highest BCUT2D eigenvalue weighted by molar-refractivity contribution is 7.09. The van der Waals surface area contributed by atoms with Crippen LogP contribution in [0.2, 0.25) is 0 Å². The minimum absolute atomic E-state index is 0. The van der Waals surface area contributed by atoms with Gasteiger partial charge in [-0.3, -0.25) is 4.79 Å². The van der Waals surface area contributed by atoms with Gasteiger partial charge in [0.05, 0.1) is 13.7 Å². The summed E-state index contributed by atoms with van der Waals surface area (Å²) >= 11 is 1.69. The zero-order chi connectivity index (χ0) is 16.8. The van der Waals surface area contributed by atoms with E-state index < -0.39 is 0 Å². The van der Waals surface area contributed by atoms with Gasteiger partial charge in [0.25, 0.3) is 0 Å². The van der Waals surface area contributed by atoms with E-state index in [1.807, 2.05) is 35.2 Å². The average Bonchev–Trinajstić information content (AvgIpc) is 3.31. The van der Waals surface area contributed by atoms with Crippen LogP contribution in [0.3, 0.4) is 0 Å². The van der Waals surface area contributed by atoms with Crippen LogP contribution in [0, 0.1) is 5.92 Å². The Kier molecular flexibility index (Phi) is 7.75. The fourth-order valence-electron chi connectivity index (χ4n) is 3.07. The average molecular weight is 381 g/mol. The van der Waals surface area contributed by atoms with Crippen molar-refractivity contribution in [3.05, 3.63) is 46.7 Å². The number of hydrogen-bond acceptors (Lipinski definition) is 4. The number of methoxy groups -OCH3 is 1. The summed E-state index contributed by atoms with van der Waals surface area (Å²) < 4.78 is 5.22. The molecule has 6 heteroatoms. The molecule has 0 saturated carbocycles. The number of carbonyl (C=O) groups excluding carboxylic acids is 1. The molecule has 1 N–H and O–H groups in total. The van der Waals surface area contributed by atoms with Crippen molar-refractivity contribution >= 4 is 35.3 Å². The number of carbonyl (C=O) groups is 1. The van der Waals surface area contributed by atoms with E-state index in [4.69, 9.17) is 4.74 Å². The number of thiophene rings is 1. The zero-order valence-corrected chi connectivity index (χ0v) is 16.1. The SMILES string of the molecule is COc1ccc(N(Cc2cccs2)C(=O)CCC2CCNC2)cc1.Cl. The molecule has 25 heavy (non-hydrogen) atoms. The Morgan fingerprint density at radius 1 is 1.32 bits per heavy atom. The molecule has 0 radical (unpaired) electrons. The standard InChI is InChI=1S/C19H24N2O2S.ClH/c1-23-17-7-5-16(6-8-17)21(14-18-3-2-12-24-18)19(22)9-4-15-10-11-20-13-15;/h2-3,5-8,12,15,20H,4,9-11,13-14H2,1H3;1H. The van der Waals surface area contributed by atoms with Crippen LogP contribution in [0.25, 0.3) is 0 Å². The van der Waals surface area contributed by atoms with Gasteiger partial charge >= 0.3 is 0 Å². The molecule has 2 aromatic rings. The molecule has 136 valence electrons. The van der Waals surface area contributed by atoms with Crippen molar-refractivity contribution in [2.45, 2.75) is 25.8 Å². The van der Waals surface area contributed by atoms with Crippen LogP contribution in [0.15, 0.2) is 41.8 Å². The molecular formula is C19H25ClN2O2S. The lowest BCUT2D eigenvalue weighted by atomic mass is 10.0. The molecule has 2 heterocycles. The maximum atomic E-state index is 12.9. The van der Waals surface area contributed by atoms with E-state index in [0.717, 1.165) is 30.9 Å². The van der Waals surface area contributed by atoms with Gasteiger partial charge in [-0.15, -0.1) is 23.7 Å². The smallest absolute Gasteiger partial charge is 0.227 e. The number of ether oxygens (including phenoxy) is 1. The van der Waals surface area contributed by atoms with E-state index in [1.54, 1.807) is 18.4 Å². The Labute approximate surface area is 159 Å². The van der Waals surface area contributed by atoms with Crippen LogP contribution in [0.1, 0.15) is 24.1 Å². The molecule has 4 nitrogen and oxygen atoms in total. The van der Waals surface area contributed by atoms with Gasteiger partial charge in [-0.25, -0.2) is 0 Å². The number of amides is 1. The molecule has 0 aliphatic carbocycles. The first kappa shape index (κ1) is 19.8. The summed E-state index contributed by atoms with van der Waals surface area (Å²) in [5, 5.41) is 5.42. The van der Waals surface area contributed by atoms with Crippen molar-refractivity contribution in [3.8, 4) is 5.75 Å². The third kappa shape index (κ3) is 5.46. The van der Waals surface area contributed by atoms with Gasteiger partial charge in [0.15, 0.2) is 0 Å². The lowest BCUT2D eigenvalue weighted by Crippen LogP contribution is -2.30. The number of hydrogen-bond donors (Lipinski definition) is 1. The van der Waals surface area contributed by atoms with Gasteiger partial charge < -0.3 is 15.0 Å². The summed E-state index contributed by atoms with van der Waals surface area (Å²) in [5.41, 5.74) is 0.929. The van der Waals surface area contributed by atoms with Crippen molar-refractivity contribution in [2.24, 2.45) is 5.92 Å². The Hall–Kier alpha value is -1.56. The number of benzene rings is 1.